The van der Waals surface area contributed by atoms with E-state index in [9.17, 15) is 0 Å². The Bertz CT molecular complexity index is 237. The van der Waals surface area contributed by atoms with Gasteiger partial charge in [-0.3, -0.25) is 0 Å². The van der Waals surface area contributed by atoms with Crippen molar-refractivity contribution >= 4 is 24.7 Å². The van der Waals surface area contributed by atoms with Crippen molar-refractivity contribution in [2.75, 3.05) is 0 Å². The monoisotopic (exact) mass is 280 g/mol. The summed E-state index contributed by atoms with van der Waals surface area (Å²) in [5.41, 5.74) is 0. The maximum absolute atomic E-state index is 2.33. The van der Waals surface area contributed by atoms with E-state index in [1.165, 1.54) is 32.1 Å². The van der Waals surface area contributed by atoms with Gasteiger partial charge >= 0.3 is 91.1 Å². The fraction of sp³-hybridized carbons (Fsp3) is 0.500. The molecule has 1 aliphatic rings. The fourth-order valence-electron chi connectivity index (χ4n) is 2.02. The first kappa shape index (κ1) is 9.57. The molecule has 0 heterocycles. The van der Waals surface area contributed by atoms with Crippen LogP contribution in [0.2, 0.25) is 3.93 Å². The molecule has 0 unspecified atom stereocenters. The van der Waals surface area contributed by atoms with Gasteiger partial charge in [0, 0.05) is 0 Å². The van der Waals surface area contributed by atoms with E-state index in [1.54, 1.807) is 3.58 Å². The molecule has 0 spiro atoms. The Hall–Kier alpha value is 0.0187. The van der Waals surface area contributed by atoms with Crippen molar-refractivity contribution in [3.8, 4) is 0 Å². The van der Waals surface area contributed by atoms with Gasteiger partial charge in [0.1, 0.15) is 0 Å². The molecule has 1 aliphatic carbocycles. The third-order valence-electron chi connectivity index (χ3n) is 2.75. The SMILES string of the molecule is c1cc[c]([Sn][CH]2CCCCC2)cc1. The Labute approximate surface area is 91.0 Å². The van der Waals surface area contributed by atoms with Crippen LogP contribution in [-0.2, 0) is 0 Å². The molecule has 1 aromatic carbocycles. The Kier molecular flexibility index (Phi) is 3.71. The summed E-state index contributed by atoms with van der Waals surface area (Å²) in [6.07, 6.45) is 7.55. The van der Waals surface area contributed by atoms with Crippen molar-refractivity contribution in [3.05, 3.63) is 30.3 Å². The van der Waals surface area contributed by atoms with Crippen LogP contribution in [0, 0.1) is 0 Å². The van der Waals surface area contributed by atoms with Crippen LogP contribution in [0.15, 0.2) is 30.3 Å². The summed E-state index contributed by atoms with van der Waals surface area (Å²) in [7, 11) is 0. The second-order valence-corrected chi connectivity index (χ2v) is 8.65. The molecule has 2 rings (SSSR count). The predicted molar refractivity (Wildman–Crippen MR) is 58.7 cm³/mol. The predicted octanol–water partition coefficient (Wildman–Crippen LogP) is 2.77. The number of benzene rings is 1. The van der Waals surface area contributed by atoms with E-state index in [2.05, 4.69) is 30.3 Å². The van der Waals surface area contributed by atoms with Gasteiger partial charge in [0.2, 0.25) is 0 Å². The molecule has 0 atom stereocenters. The van der Waals surface area contributed by atoms with Crippen LogP contribution in [0.1, 0.15) is 32.1 Å². The van der Waals surface area contributed by atoms with Crippen LogP contribution >= 0.6 is 0 Å². The molecule has 1 aromatic rings. The summed E-state index contributed by atoms with van der Waals surface area (Å²) >= 11 is -0.240. The van der Waals surface area contributed by atoms with Gasteiger partial charge in [0.25, 0.3) is 0 Å². The van der Waals surface area contributed by atoms with Crippen molar-refractivity contribution in [1.82, 2.24) is 0 Å². The first-order chi connectivity index (χ1) is 6.45. The topological polar surface area (TPSA) is 0 Å². The van der Waals surface area contributed by atoms with Crippen LogP contribution in [0.4, 0.5) is 0 Å². The van der Waals surface area contributed by atoms with E-state index >= 15 is 0 Å². The van der Waals surface area contributed by atoms with E-state index in [-0.39, 0.29) is 21.1 Å². The Morgan fingerprint density at radius 3 is 2.31 bits per heavy atom. The van der Waals surface area contributed by atoms with Gasteiger partial charge in [-0.05, 0) is 0 Å². The molecule has 0 N–H and O–H groups in total. The van der Waals surface area contributed by atoms with Gasteiger partial charge in [-0.1, -0.05) is 0 Å². The van der Waals surface area contributed by atoms with Crippen molar-refractivity contribution in [1.29, 1.82) is 0 Å². The minimum atomic E-state index is -0.240. The molecule has 0 bridgehead atoms. The Morgan fingerprint density at radius 1 is 0.923 bits per heavy atom. The average Bonchev–Trinajstić information content (AvgIpc) is 2.21. The molecule has 2 radical (unpaired) electrons. The third-order valence-corrected chi connectivity index (χ3v) is 7.47. The number of hydrogen-bond acceptors (Lipinski definition) is 0. The molecule has 0 amide bonds. The van der Waals surface area contributed by atoms with Crippen molar-refractivity contribution < 1.29 is 0 Å². The van der Waals surface area contributed by atoms with Crippen LogP contribution in [0.25, 0.3) is 0 Å². The first-order valence-corrected chi connectivity index (χ1v) is 8.34. The zero-order chi connectivity index (χ0) is 8.93. The maximum atomic E-state index is 2.33. The van der Waals surface area contributed by atoms with Crippen LogP contribution in [-0.4, -0.2) is 21.1 Å². The normalized spacial score (nSPS) is 18.8. The van der Waals surface area contributed by atoms with E-state index in [4.69, 9.17) is 0 Å². The molecule has 1 saturated carbocycles. The van der Waals surface area contributed by atoms with Gasteiger partial charge in [0.05, 0.1) is 0 Å². The third kappa shape index (κ3) is 3.01. The summed E-state index contributed by atoms with van der Waals surface area (Å²) in [6.45, 7) is 0. The molecule has 1 heteroatoms. The van der Waals surface area contributed by atoms with Crippen molar-refractivity contribution in [2.45, 2.75) is 36.0 Å². The quantitative estimate of drug-likeness (QED) is 0.730. The molecule has 13 heavy (non-hydrogen) atoms. The van der Waals surface area contributed by atoms with E-state index in [0.29, 0.717) is 0 Å². The van der Waals surface area contributed by atoms with Gasteiger partial charge in [-0.15, -0.1) is 0 Å². The summed E-state index contributed by atoms with van der Waals surface area (Å²) in [5, 5.41) is 0. The average molecular weight is 279 g/mol. The number of rotatable bonds is 2. The molecule has 1 fully saturated rings. The number of hydrogen-bond donors (Lipinski definition) is 0. The second-order valence-electron chi connectivity index (χ2n) is 3.85. The van der Waals surface area contributed by atoms with Gasteiger partial charge in [-0.25, -0.2) is 0 Å². The summed E-state index contributed by atoms with van der Waals surface area (Å²) in [6, 6.07) is 11.2. The molecule has 0 nitrogen and oxygen atoms in total. The fourth-order valence-corrected chi connectivity index (χ4v) is 6.45. The molecule has 0 aliphatic heterocycles. The van der Waals surface area contributed by atoms with Crippen molar-refractivity contribution in [2.24, 2.45) is 0 Å². The van der Waals surface area contributed by atoms with Crippen LogP contribution < -0.4 is 3.58 Å². The van der Waals surface area contributed by atoms with Gasteiger partial charge in [-0.2, -0.15) is 0 Å². The standard InChI is InChI=1S/C6H11.C6H5.Sn/c2*1-2-4-6-5-3-1;/h1H,2-6H2;1-5H;. The van der Waals surface area contributed by atoms with Crippen LogP contribution in [0.5, 0.6) is 0 Å². The Balaban J connectivity index is 1.90. The summed E-state index contributed by atoms with van der Waals surface area (Å²) in [4.78, 5) is 0. The second kappa shape index (κ2) is 5.04. The molecular weight excluding hydrogens is 263 g/mol. The zero-order valence-corrected chi connectivity index (χ0v) is 10.9. The molecule has 0 aromatic heterocycles. The Morgan fingerprint density at radius 2 is 1.62 bits per heavy atom. The summed E-state index contributed by atoms with van der Waals surface area (Å²) in [5.74, 6) is 0. The minimum absolute atomic E-state index is 0.240. The van der Waals surface area contributed by atoms with Crippen LogP contribution in [0.3, 0.4) is 0 Å². The van der Waals surface area contributed by atoms with E-state index in [0.717, 1.165) is 3.93 Å². The molecular formula is C12H16Sn. The molecule has 68 valence electrons. The first-order valence-electron chi connectivity index (χ1n) is 5.27. The van der Waals surface area contributed by atoms with Gasteiger partial charge in [0.15, 0.2) is 0 Å². The van der Waals surface area contributed by atoms with E-state index < -0.39 is 0 Å². The summed E-state index contributed by atoms with van der Waals surface area (Å²) < 4.78 is 2.83. The zero-order valence-electron chi connectivity index (χ0n) is 8.00. The van der Waals surface area contributed by atoms with Gasteiger partial charge < -0.3 is 0 Å². The van der Waals surface area contributed by atoms with E-state index in [1.807, 2.05) is 0 Å². The molecule has 0 saturated heterocycles. The van der Waals surface area contributed by atoms with Crippen molar-refractivity contribution in [3.63, 3.8) is 0 Å².